The summed E-state index contributed by atoms with van der Waals surface area (Å²) in [7, 11) is 0. The summed E-state index contributed by atoms with van der Waals surface area (Å²) in [5, 5.41) is 12.0. The number of carbonyl (C=O) groups excluding carboxylic acids is 1. The van der Waals surface area contributed by atoms with Crippen LogP contribution >= 0.6 is 0 Å². The molecule has 0 aromatic rings. The van der Waals surface area contributed by atoms with E-state index in [1.54, 1.807) is 0 Å². The number of ether oxygens (including phenoxy) is 1. The Morgan fingerprint density at radius 2 is 1.94 bits per heavy atom. The first-order valence-corrected chi connectivity index (χ1v) is 6.80. The van der Waals surface area contributed by atoms with Gasteiger partial charge in [0.05, 0.1) is 5.92 Å². The molecule has 0 bridgehead atoms. The molecule has 0 aromatic carbocycles. The van der Waals surface area contributed by atoms with Gasteiger partial charge in [0.2, 0.25) is 5.91 Å². The summed E-state index contributed by atoms with van der Waals surface area (Å²) in [6.45, 7) is 1.12. The van der Waals surface area contributed by atoms with E-state index in [0.29, 0.717) is 13.2 Å². The van der Waals surface area contributed by atoms with Crippen molar-refractivity contribution in [3.63, 3.8) is 0 Å². The Morgan fingerprint density at radius 3 is 2.61 bits per heavy atom. The van der Waals surface area contributed by atoms with E-state index < -0.39 is 5.97 Å². The second kappa shape index (κ2) is 6.18. The topological polar surface area (TPSA) is 75.6 Å². The van der Waals surface area contributed by atoms with Crippen molar-refractivity contribution in [2.45, 2.75) is 44.6 Å². The number of carboxylic acid groups (broad SMARTS) is 1. The second-order valence-corrected chi connectivity index (χ2v) is 5.24. The first-order valence-electron chi connectivity index (χ1n) is 6.80. The number of amides is 1. The summed E-state index contributed by atoms with van der Waals surface area (Å²) < 4.78 is 5.30. The lowest BCUT2D eigenvalue weighted by Gasteiger charge is -2.28. The molecule has 0 radical (unpaired) electrons. The number of nitrogens with one attached hydrogen (secondary N) is 1. The Balaban J connectivity index is 1.80. The van der Waals surface area contributed by atoms with Crippen LogP contribution in [-0.4, -0.2) is 36.2 Å². The zero-order valence-corrected chi connectivity index (χ0v) is 10.6. The number of carbonyl (C=O) groups is 2. The van der Waals surface area contributed by atoms with Gasteiger partial charge < -0.3 is 15.2 Å². The quantitative estimate of drug-likeness (QED) is 0.790. The molecule has 5 nitrogen and oxygen atoms in total. The summed E-state index contributed by atoms with van der Waals surface area (Å²) in [5.41, 5.74) is 0. The number of hydrogen-bond acceptors (Lipinski definition) is 3. The van der Waals surface area contributed by atoms with Crippen molar-refractivity contribution in [2.24, 2.45) is 11.8 Å². The van der Waals surface area contributed by atoms with Crippen LogP contribution in [0.25, 0.3) is 0 Å². The normalized spacial score (nSPS) is 32.1. The van der Waals surface area contributed by atoms with E-state index in [2.05, 4.69) is 5.32 Å². The van der Waals surface area contributed by atoms with Gasteiger partial charge in [-0.1, -0.05) is 12.8 Å². The molecule has 1 saturated carbocycles. The van der Waals surface area contributed by atoms with Crippen molar-refractivity contribution < 1.29 is 19.4 Å². The van der Waals surface area contributed by atoms with Gasteiger partial charge in [-0.2, -0.15) is 0 Å². The maximum Gasteiger partial charge on any atom is 0.306 e. The first kappa shape index (κ1) is 13.3. The zero-order chi connectivity index (χ0) is 13.0. The summed E-state index contributed by atoms with van der Waals surface area (Å²) in [6, 6.07) is 0. The van der Waals surface area contributed by atoms with Gasteiger partial charge in [-0.05, 0) is 31.6 Å². The first-order chi connectivity index (χ1) is 8.68. The smallest absolute Gasteiger partial charge is 0.306 e. The van der Waals surface area contributed by atoms with Gasteiger partial charge in [-0.25, -0.2) is 0 Å². The molecule has 0 aromatic heterocycles. The standard InChI is InChI=1S/C13H21NO4/c15-12(11-6-3-7-18-11)14-8-9-4-1-2-5-10(9)13(16)17/h9-11H,1-8H2,(H,14,15)(H,16,17)/t9?,10?,11-/m0/s1. The van der Waals surface area contributed by atoms with Crippen molar-refractivity contribution in [1.82, 2.24) is 5.32 Å². The highest BCUT2D eigenvalue weighted by atomic mass is 16.5. The van der Waals surface area contributed by atoms with Gasteiger partial charge in [0, 0.05) is 13.2 Å². The fraction of sp³-hybridized carbons (Fsp3) is 0.846. The lowest BCUT2D eigenvalue weighted by molar-refractivity contribution is -0.145. The summed E-state index contributed by atoms with van der Waals surface area (Å²) in [6.07, 6.45) is 5.05. The van der Waals surface area contributed by atoms with Crippen LogP contribution in [0.15, 0.2) is 0 Å². The summed E-state index contributed by atoms with van der Waals surface area (Å²) in [5.74, 6) is -1.04. The molecule has 2 unspecified atom stereocenters. The third-order valence-corrected chi connectivity index (χ3v) is 3.99. The number of carboxylic acids is 1. The predicted molar refractivity (Wildman–Crippen MR) is 65.1 cm³/mol. The van der Waals surface area contributed by atoms with Crippen LogP contribution in [0.4, 0.5) is 0 Å². The number of rotatable bonds is 4. The third kappa shape index (κ3) is 3.22. The van der Waals surface area contributed by atoms with Gasteiger partial charge in [-0.3, -0.25) is 9.59 Å². The molecule has 3 atom stereocenters. The molecule has 102 valence electrons. The Hall–Kier alpha value is -1.10. The molecule has 5 heteroatoms. The van der Waals surface area contributed by atoms with Crippen LogP contribution in [0.5, 0.6) is 0 Å². The molecule has 2 fully saturated rings. The highest BCUT2D eigenvalue weighted by Gasteiger charge is 2.32. The average Bonchev–Trinajstić information content (AvgIpc) is 2.90. The van der Waals surface area contributed by atoms with E-state index >= 15 is 0 Å². The lowest BCUT2D eigenvalue weighted by atomic mass is 9.79. The predicted octanol–water partition coefficient (Wildman–Crippen LogP) is 1.17. The molecule has 1 aliphatic carbocycles. The van der Waals surface area contributed by atoms with Crippen LogP contribution in [0.2, 0.25) is 0 Å². The van der Waals surface area contributed by atoms with E-state index in [4.69, 9.17) is 9.84 Å². The largest absolute Gasteiger partial charge is 0.481 e. The minimum absolute atomic E-state index is 0.0709. The van der Waals surface area contributed by atoms with Gasteiger partial charge >= 0.3 is 5.97 Å². The van der Waals surface area contributed by atoms with Crippen LogP contribution in [0.1, 0.15) is 38.5 Å². The van der Waals surface area contributed by atoms with E-state index in [0.717, 1.165) is 38.5 Å². The maximum atomic E-state index is 11.8. The van der Waals surface area contributed by atoms with Crippen molar-refractivity contribution in [1.29, 1.82) is 0 Å². The number of hydrogen-bond donors (Lipinski definition) is 2. The minimum atomic E-state index is -0.730. The summed E-state index contributed by atoms with van der Waals surface area (Å²) >= 11 is 0. The molecular weight excluding hydrogens is 234 g/mol. The monoisotopic (exact) mass is 255 g/mol. The van der Waals surface area contributed by atoms with Gasteiger partial charge in [0.15, 0.2) is 0 Å². The molecular formula is C13H21NO4. The molecule has 1 saturated heterocycles. The minimum Gasteiger partial charge on any atom is -0.481 e. The molecule has 0 spiro atoms. The zero-order valence-electron chi connectivity index (χ0n) is 10.6. The van der Waals surface area contributed by atoms with Gasteiger partial charge in [-0.15, -0.1) is 0 Å². The van der Waals surface area contributed by atoms with Crippen LogP contribution in [0.3, 0.4) is 0 Å². The third-order valence-electron chi connectivity index (χ3n) is 3.99. The Bertz CT molecular complexity index is 312. The molecule has 18 heavy (non-hydrogen) atoms. The van der Waals surface area contributed by atoms with E-state index in [1.165, 1.54) is 0 Å². The Morgan fingerprint density at radius 1 is 1.17 bits per heavy atom. The molecule has 2 N–H and O–H groups in total. The second-order valence-electron chi connectivity index (χ2n) is 5.24. The summed E-state index contributed by atoms with van der Waals surface area (Å²) in [4.78, 5) is 22.9. The lowest BCUT2D eigenvalue weighted by Crippen LogP contribution is -2.41. The number of aliphatic carboxylic acids is 1. The van der Waals surface area contributed by atoms with Crippen LogP contribution in [0, 0.1) is 11.8 Å². The van der Waals surface area contributed by atoms with Crippen LogP contribution in [-0.2, 0) is 14.3 Å². The molecule has 1 heterocycles. The van der Waals surface area contributed by atoms with E-state index in [9.17, 15) is 9.59 Å². The highest BCUT2D eigenvalue weighted by molar-refractivity contribution is 5.81. The average molecular weight is 255 g/mol. The van der Waals surface area contributed by atoms with Crippen molar-refractivity contribution in [2.75, 3.05) is 13.2 Å². The Labute approximate surface area is 107 Å². The fourth-order valence-electron chi connectivity index (χ4n) is 2.91. The van der Waals surface area contributed by atoms with Crippen molar-refractivity contribution in [3.8, 4) is 0 Å². The van der Waals surface area contributed by atoms with Gasteiger partial charge in [0.1, 0.15) is 6.10 Å². The van der Waals surface area contributed by atoms with Crippen molar-refractivity contribution >= 4 is 11.9 Å². The maximum absolute atomic E-state index is 11.8. The fourth-order valence-corrected chi connectivity index (χ4v) is 2.91. The van der Waals surface area contributed by atoms with E-state index in [1.807, 2.05) is 0 Å². The van der Waals surface area contributed by atoms with Crippen molar-refractivity contribution in [3.05, 3.63) is 0 Å². The highest BCUT2D eigenvalue weighted by Crippen LogP contribution is 2.29. The molecule has 2 aliphatic rings. The SMILES string of the molecule is O=C(O)C1CCCCC1CNC(=O)[C@@H]1CCCO1. The van der Waals surface area contributed by atoms with Gasteiger partial charge in [0.25, 0.3) is 0 Å². The van der Waals surface area contributed by atoms with Crippen LogP contribution < -0.4 is 5.32 Å². The molecule has 2 rings (SSSR count). The molecule has 1 aliphatic heterocycles. The Kier molecular flexibility index (Phi) is 4.58. The molecule has 1 amide bonds. The van der Waals surface area contributed by atoms with E-state index in [-0.39, 0.29) is 23.8 Å².